The van der Waals surface area contributed by atoms with Gasteiger partial charge in [-0.3, -0.25) is 0 Å². The van der Waals surface area contributed by atoms with Crippen molar-refractivity contribution in [1.82, 2.24) is 0 Å². The maximum Gasteiger partial charge on any atom is 0.0501 e. The summed E-state index contributed by atoms with van der Waals surface area (Å²) in [5, 5.41) is 0. The van der Waals surface area contributed by atoms with E-state index in [4.69, 9.17) is 0 Å². The Morgan fingerprint density at radius 1 is 0.560 bits per heavy atom. The van der Waals surface area contributed by atoms with E-state index in [1.165, 1.54) is 67.2 Å². The zero-order valence-corrected chi connectivity index (χ0v) is 28.2. The molecule has 2 unspecified atom stereocenters. The summed E-state index contributed by atoms with van der Waals surface area (Å²) in [5.41, 5.74) is 17.4. The molecular formula is C49H39N. The Hall–Kier alpha value is -5.66. The van der Waals surface area contributed by atoms with Crippen LogP contribution >= 0.6 is 0 Å². The molecule has 0 aliphatic heterocycles. The van der Waals surface area contributed by atoms with E-state index in [0.29, 0.717) is 5.92 Å². The second-order valence-corrected chi connectivity index (χ2v) is 14.2. The van der Waals surface area contributed by atoms with Crippen molar-refractivity contribution in [3.63, 3.8) is 0 Å². The molecule has 10 rings (SSSR count). The average Bonchev–Trinajstić information content (AvgIpc) is 3.66. The largest absolute Gasteiger partial charge is 0.311 e. The van der Waals surface area contributed by atoms with Gasteiger partial charge in [-0.25, -0.2) is 0 Å². The van der Waals surface area contributed by atoms with Crippen LogP contribution in [0.5, 0.6) is 0 Å². The standard InChI is InChI=1S/C49H39N/c1-3-15-34(16-4-1)35-27-29-37(30-28-35)50(48-26-14-10-19-39(48)36-17-5-2-6-18-36)38-31-32-43-42-22-9-13-25-46(42)49(47(43)33-38)44-23-11-7-20-40(44)41-21-8-12-24-45(41)49/h1-9,11-12,15-24,26-33,43,47H,10,13-14,25H2. The Kier molecular flexibility index (Phi) is 6.88. The van der Waals surface area contributed by atoms with Gasteiger partial charge in [0.2, 0.25) is 0 Å². The van der Waals surface area contributed by atoms with Crippen LogP contribution < -0.4 is 4.90 Å². The number of rotatable bonds is 5. The van der Waals surface area contributed by atoms with Gasteiger partial charge in [-0.2, -0.15) is 0 Å². The first kappa shape index (κ1) is 29.3. The van der Waals surface area contributed by atoms with Crippen molar-refractivity contribution in [3.05, 3.63) is 215 Å². The van der Waals surface area contributed by atoms with Crippen molar-refractivity contribution in [3.8, 4) is 22.3 Å². The summed E-state index contributed by atoms with van der Waals surface area (Å²) in [6.45, 7) is 0. The molecule has 0 saturated carbocycles. The van der Waals surface area contributed by atoms with Crippen LogP contribution in [-0.4, -0.2) is 0 Å². The predicted molar refractivity (Wildman–Crippen MR) is 208 cm³/mol. The number of anilines is 1. The van der Waals surface area contributed by atoms with Crippen molar-refractivity contribution < 1.29 is 0 Å². The SMILES string of the molecule is C1=CC2=C(CC1)C1(c3ccccc3-c3ccccc31)C1C=C(N(C3=CCCC=C3c3ccccc3)c3ccc(-c4ccccc4)cc3)C=CC21. The van der Waals surface area contributed by atoms with Crippen molar-refractivity contribution in [2.45, 2.75) is 31.1 Å². The van der Waals surface area contributed by atoms with Gasteiger partial charge in [-0.1, -0.05) is 163 Å². The van der Waals surface area contributed by atoms with Gasteiger partial charge in [0.25, 0.3) is 0 Å². The predicted octanol–water partition coefficient (Wildman–Crippen LogP) is 12.2. The second-order valence-electron chi connectivity index (χ2n) is 14.2. The fraction of sp³-hybridized carbons (Fsp3) is 0.143. The summed E-state index contributed by atoms with van der Waals surface area (Å²) < 4.78 is 0. The van der Waals surface area contributed by atoms with Crippen LogP contribution in [0.4, 0.5) is 5.69 Å². The van der Waals surface area contributed by atoms with E-state index in [1.54, 1.807) is 5.57 Å². The van der Waals surface area contributed by atoms with Gasteiger partial charge >= 0.3 is 0 Å². The maximum absolute atomic E-state index is 2.65. The molecule has 0 heterocycles. The molecule has 0 bridgehead atoms. The molecule has 240 valence electrons. The molecule has 0 saturated heterocycles. The fourth-order valence-corrected chi connectivity index (χ4v) is 9.70. The minimum Gasteiger partial charge on any atom is -0.311 e. The zero-order chi connectivity index (χ0) is 33.1. The summed E-state index contributed by atoms with van der Waals surface area (Å²) >= 11 is 0. The molecule has 50 heavy (non-hydrogen) atoms. The molecule has 5 aromatic rings. The third-order valence-corrected chi connectivity index (χ3v) is 11.7. The molecule has 0 fully saturated rings. The molecule has 2 atom stereocenters. The summed E-state index contributed by atoms with van der Waals surface area (Å²) in [6, 6.07) is 49.3. The van der Waals surface area contributed by atoms with E-state index in [-0.39, 0.29) is 11.3 Å². The van der Waals surface area contributed by atoms with Crippen molar-refractivity contribution in [1.29, 1.82) is 0 Å². The quantitative estimate of drug-likeness (QED) is 0.185. The first-order valence-electron chi connectivity index (χ1n) is 18.2. The van der Waals surface area contributed by atoms with E-state index in [0.717, 1.165) is 25.7 Å². The Morgan fingerprint density at radius 3 is 1.90 bits per heavy atom. The van der Waals surface area contributed by atoms with E-state index in [9.17, 15) is 0 Å². The van der Waals surface area contributed by atoms with Crippen molar-refractivity contribution in [2.24, 2.45) is 11.8 Å². The third kappa shape index (κ3) is 4.33. The Balaban J connectivity index is 1.17. The van der Waals surface area contributed by atoms with Crippen LogP contribution in [0.3, 0.4) is 0 Å². The highest BCUT2D eigenvalue weighted by Gasteiger charge is 2.58. The number of allylic oxidation sites excluding steroid dienone is 10. The lowest BCUT2D eigenvalue weighted by molar-refractivity contribution is 0.422. The molecule has 5 aliphatic carbocycles. The summed E-state index contributed by atoms with van der Waals surface area (Å²) in [6.07, 6.45) is 21.6. The van der Waals surface area contributed by atoms with Gasteiger partial charge in [0, 0.05) is 34.5 Å². The highest BCUT2D eigenvalue weighted by atomic mass is 15.2. The van der Waals surface area contributed by atoms with Crippen LogP contribution in [0.25, 0.3) is 27.8 Å². The molecule has 5 aromatic carbocycles. The zero-order valence-electron chi connectivity index (χ0n) is 28.2. The topological polar surface area (TPSA) is 3.24 Å². The summed E-state index contributed by atoms with van der Waals surface area (Å²) in [4.78, 5) is 2.55. The Bertz CT molecular complexity index is 2260. The van der Waals surface area contributed by atoms with E-state index in [2.05, 4.69) is 181 Å². The smallest absolute Gasteiger partial charge is 0.0501 e. The molecule has 1 spiro atoms. The van der Waals surface area contributed by atoms with Gasteiger partial charge in [0.05, 0.1) is 5.41 Å². The van der Waals surface area contributed by atoms with Gasteiger partial charge in [0.1, 0.15) is 0 Å². The fourth-order valence-electron chi connectivity index (χ4n) is 9.70. The maximum atomic E-state index is 2.65. The molecule has 0 N–H and O–H groups in total. The van der Waals surface area contributed by atoms with Crippen LogP contribution in [-0.2, 0) is 5.41 Å². The molecule has 0 amide bonds. The molecule has 5 aliphatic rings. The Morgan fingerprint density at radius 2 is 1.18 bits per heavy atom. The van der Waals surface area contributed by atoms with Gasteiger partial charge in [0.15, 0.2) is 0 Å². The monoisotopic (exact) mass is 641 g/mol. The van der Waals surface area contributed by atoms with Crippen molar-refractivity contribution >= 4 is 11.3 Å². The van der Waals surface area contributed by atoms with Crippen molar-refractivity contribution in [2.75, 3.05) is 4.90 Å². The molecule has 0 radical (unpaired) electrons. The van der Waals surface area contributed by atoms with Gasteiger partial charge in [-0.15, -0.1) is 0 Å². The van der Waals surface area contributed by atoms with Gasteiger partial charge in [-0.05, 0) is 88.4 Å². The Labute approximate surface area is 295 Å². The van der Waals surface area contributed by atoms with Crippen LogP contribution in [0.2, 0.25) is 0 Å². The third-order valence-electron chi connectivity index (χ3n) is 11.7. The summed E-state index contributed by atoms with van der Waals surface area (Å²) in [7, 11) is 0. The first-order chi connectivity index (χ1) is 24.8. The van der Waals surface area contributed by atoms with Gasteiger partial charge < -0.3 is 4.90 Å². The number of benzene rings is 5. The number of hydrogen-bond acceptors (Lipinski definition) is 1. The normalized spacial score (nSPS) is 20.8. The molecule has 1 heteroatoms. The number of nitrogens with zero attached hydrogens (tertiary/aromatic N) is 1. The number of fused-ring (bicyclic) bond motifs is 9. The first-order valence-corrected chi connectivity index (χ1v) is 18.2. The lowest BCUT2D eigenvalue weighted by atomic mass is 9.63. The molecular weight excluding hydrogens is 603 g/mol. The molecule has 0 aromatic heterocycles. The number of hydrogen-bond donors (Lipinski definition) is 0. The average molecular weight is 642 g/mol. The second kappa shape index (κ2) is 11.7. The van der Waals surface area contributed by atoms with Crippen LogP contribution in [0.1, 0.15) is 42.4 Å². The highest BCUT2D eigenvalue weighted by Crippen LogP contribution is 2.66. The lowest BCUT2D eigenvalue weighted by Crippen LogP contribution is -2.36. The minimum atomic E-state index is -0.185. The van der Waals surface area contributed by atoms with Crippen LogP contribution in [0.15, 0.2) is 199 Å². The summed E-state index contributed by atoms with van der Waals surface area (Å²) in [5.74, 6) is 0.593. The molecule has 1 nitrogen and oxygen atoms in total. The van der Waals surface area contributed by atoms with E-state index >= 15 is 0 Å². The van der Waals surface area contributed by atoms with Crippen LogP contribution in [0, 0.1) is 11.8 Å². The minimum absolute atomic E-state index is 0.185. The lowest BCUT2D eigenvalue weighted by Gasteiger charge is -2.40. The van der Waals surface area contributed by atoms with E-state index in [1.807, 2.05) is 0 Å². The highest BCUT2D eigenvalue weighted by molar-refractivity contribution is 5.88. The van der Waals surface area contributed by atoms with E-state index < -0.39 is 0 Å².